The van der Waals surface area contributed by atoms with Crippen LogP contribution in [0.4, 0.5) is 0 Å². The summed E-state index contributed by atoms with van der Waals surface area (Å²) in [6, 6.07) is 3.79. The van der Waals surface area contributed by atoms with Crippen LogP contribution >= 0.6 is 0 Å². The summed E-state index contributed by atoms with van der Waals surface area (Å²) in [5.74, 6) is -3.72. The van der Waals surface area contributed by atoms with Crippen LogP contribution in [0.1, 0.15) is 178 Å². The van der Waals surface area contributed by atoms with Crippen LogP contribution in [0.25, 0.3) is 0 Å². The van der Waals surface area contributed by atoms with Gasteiger partial charge in [0.05, 0.1) is 54.8 Å². The van der Waals surface area contributed by atoms with Gasteiger partial charge >= 0.3 is 0 Å². The van der Waals surface area contributed by atoms with Gasteiger partial charge in [-0.1, -0.05) is 115 Å². The summed E-state index contributed by atoms with van der Waals surface area (Å²) >= 11 is 0. The molecular weight excluding hydrogens is 746 g/mol. The largest absolute Gasteiger partial charge is 0.507 e. The number of carbonyl (C=O) groups is 3. The molecule has 58 heavy (non-hydrogen) atoms. The average molecular weight is 812 g/mol. The molecule has 0 saturated carbocycles. The third-order valence-corrected chi connectivity index (χ3v) is 12.1. The van der Waals surface area contributed by atoms with E-state index in [1.54, 1.807) is 6.92 Å². The molecule has 4 unspecified atom stereocenters. The maximum Gasteiger partial charge on any atom is 0.202 e. The molecule has 2 aliphatic carbocycles. The zero-order chi connectivity index (χ0) is 41.8. The minimum absolute atomic E-state index is 0.0458. The highest BCUT2D eigenvalue weighted by atomic mass is 16.7. The number of rotatable bonds is 24. The second-order valence-corrected chi connectivity index (χ2v) is 16.4. The number of carbonyl (C=O) groups excluding carboxylic acids is 3. The highest BCUT2D eigenvalue weighted by Gasteiger charge is 2.50. The van der Waals surface area contributed by atoms with E-state index in [4.69, 9.17) is 19.0 Å². The summed E-state index contributed by atoms with van der Waals surface area (Å²) in [6.07, 6.45) is 15.1. The van der Waals surface area contributed by atoms with Crippen molar-refractivity contribution in [1.82, 2.24) is 5.48 Å². The maximum atomic E-state index is 13.9. The summed E-state index contributed by atoms with van der Waals surface area (Å²) in [6.45, 7) is 3.32. The van der Waals surface area contributed by atoms with Crippen molar-refractivity contribution in [2.45, 2.75) is 172 Å². The molecule has 13 heteroatoms. The number of fused-ring (bicyclic) bond motifs is 3. The highest BCUT2D eigenvalue weighted by molar-refractivity contribution is 6.31. The molecular formula is C45H65NO12. The number of aliphatic hydroxyl groups excluding tert-OH is 2. The standard InChI is InChI=1S/C45H65NO12/c1-4-5-6-7-8-9-10-11-12-13-14-15-16-17-18-19-23-56-46-31-24-35(57-28(2)40(31)49)58-33-26-45(54,34(48)27-47)25-30-37(33)44(53)39-38(42(30)51)41(50)29-21-20-22-32(55-3)36(29)43(39)52/h20-22,28,31,33,35,40,46-47,49,51,53-54H,4-19,23-27H2,1-3H3/t28?,31?,33-,35?,40?,45-/m0/s1. The minimum Gasteiger partial charge on any atom is -0.507 e. The molecule has 6 atom stereocenters. The molecule has 1 saturated heterocycles. The molecule has 2 aromatic rings. The van der Waals surface area contributed by atoms with Crippen LogP contribution in [-0.2, 0) is 25.5 Å². The normalized spacial score (nSPS) is 24.0. The number of hydrogen-bond donors (Lipinski definition) is 6. The Labute approximate surface area is 342 Å². The number of phenolic OH excluding ortho intramolecular Hbond substituents is 2. The van der Waals surface area contributed by atoms with Gasteiger partial charge in [-0.2, -0.15) is 5.48 Å². The number of Topliss-reactive ketones (excluding diaryl/α,β-unsaturated/α-hetero) is 1. The molecule has 2 aromatic carbocycles. The fourth-order valence-corrected chi connectivity index (χ4v) is 8.72. The fraction of sp³-hybridized carbons (Fsp3) is 0.667. The van der Waals surface area contributed by atoms with Crippen LogP contribution in [0.3, 0.4) is 0 Å². The lowest BCUT2D eigenvalue weighted by atomic mass is 9.72. The van der Waals surface area contributed by atoms with E-state index in [1.165, 1.54) is 109 Å². The SMILES string of the molecule is CCCCCCCCCCCCCCCCCCONC1CC(O[C@H]2C[C@](O)(C(=O)CO)Cc3c(O)c4c(c(O)c32)C(=O)c2c(OC)cccc2C4=O)OC(C)C1O. The molecule has 0 radical (unpaired) electrons. The van der Waals surface area contributed by atoms with E-state index in [9.17, 15) is 39.9 Å². The van der Waals surface area contributed by atoms with E-state index < -0.39 is 95.7 Å². The van der Waals surface area contributed by atoms with Crippen molar-refractivity contribution in [3.05, 3.63) is 51.6 Å². The monoisotopic (exact) mass is 811 g/mol. The fourth-order valence-electron chi connectivity index (χ4n) is 8.72. The third-order valence-electron chi connectivity index (χ3n) is 12.1. The summed E-state index contributed by atoms with van der Waals surface area (Å²) in [7, 11) is 1.34. The van der Waals surface area contributed by atoms with Crippen LogP contribution in [0, 0.1) is 0 Å². The van der Waals surface area contributed by atoms with E-state index in [2.05, 4.69) is 12.4 Å². The quantitative estimate of drug-likeness (QED) is 0.0313. The number of ketones is 3. The molecule has 13 nitrogen and oxygen atoms in total. The summed E-state index contributed by atoms with van der Waals surface area (Å²) in [4.78, 5) is 46.4. The van der Waals surface area contributed by atoms with Gasteiger partial charge < -0.3 is 44.6 Å². The molecule has 0 spiro atoms. The Balaban J connectivity index is 1.16. The number of unbranched alkanes of at least 4 members (excludes halogenated alkanes) is 15. The van der Waals surface area contributed by atoms with Crippen molar-refractivity contribution >= 4 is 17.3 Å². The number of hydroxylamine groups is 1. The Bertz CT molecular complexity index is 1710. The first-order chi connectivity index (χ1) is 28.0. The minimum atomic E-state index is -2.26. The van der Waals surface area contributed by atoms with Crippen molar-refractivity contribution in [3.8, 4) is 17.2 Å². The first kappa shape index (κ1) is 45.7. The smallest absolute Gasteiger partial charge is 0.202 e. The van der Waals surface area contributed by atoms with E-state index in [1.807, 2.05) is 0 Å². The number of nitrogens with one attached hydrogen (secondary N) is 1. The molecule has 5 rings (SSSR count). The lowest BCUT2D eigenvalue weighted by Gasteiger charge is -2.42. The van der Waals surface area contributed by atoms with Gasteiger partial charge in [-0.15, -0.1) is 0 Å². The van der Waals surface area contributed by atoms with Crippen LogP contribution in [0.15, 0.2) is 18.2 Å². The van der Waals surface area contributed by atoms with E-state index in [0.717, 1.165) is 19.3 Å². The molecule has 1 aliphatic heterocycles. The van der Waals surface area contributed by atoms with Gasteiger partial charge in [-0.25, -0.2) is 0 Å². The van der Waals surface area contributed by atoms with Crippen LogP contribution in [0.5, 0.6) is 17.2 Å². The van der Waals surface area contributed by atoms with Crippen molar-refractivity contribution in [3.63, 3.8) is 0 Å². The number of aromatic hydroxyl groups is 2. The zero-order valence-electron chi connectivity index (χ0n) is 34.6. The topological polar surface area (TPSA) is 201 Å². The van der Waals surface area contributed by atoms with Crippen molar-refractivity contribution in [1.29, 1.82) is 0 Å². The van der Waals surface area contributed by atoms with Gasteiger partial charge in [0.25, 0.3) is 0 Å². The van der Waals surface area contributed by atoms with Crippen LogP contribution in [-0.4, -0.2) is 93.3 Å². The number of benzene rings is 2. The van der Waals surface area contributed by atoms with Gasteiger partial charge in [-0.05, 0) is 19.4 Å². The summed E-state index contributed by atoms with van der Waals surface area (Å²) < 4.78 is 17.6. The third kappa shape index (κ3) is 10.7. The van der Waals surface area contributed by atoms with Crippen molar-refractivity contribution < 1.29 is 59.0 Å². The second kappa shape index (κ2) is 21.7. The molecule has 0 aromatic heterocycles. The van der Waals surface area contributed by atoms with E-state index in [-0.39, 0.29) is 34.4 Å². The lowest BCUT2D eigenvalue weighted by molar-refractivity contribution is -0.257. The molecule has 322 valence electrons. The molecule has 0 amide bonds. The summed E-state index contributed by atoms with van der Waals surface area (Å²) in [5, 5.41) is 55.7. The van der Waals surface area contributed by atoms with Gasteiger partial charge in [0.15, 0.2) is 17.9 Å². The van der Waals surface area contributed by atoms with Gasteiger partial charge in [-0.3, -0.25) is 14.4 Å². The zero-order valence-corrected chi connectivity index (χ0v) is 34.6. The number of phenols is 2. The van der Waals surface area contributed by atoms with Crippen LogP contribution in [0.2, 0.25) is 0 Å². The Kier molecular flexibility index (Phi) is 17.1. The maximum absolute atomic E-state index is 13.9. The Morgan fingerprint density at radius 1 is 0.862 bits per heavy atom. The molecule has 3 aliphatic rings. The number of aliphatic hydroxyl groups is 3. The predicted octanol–water partition coefficient (Wildman–Crippen LogP) is 6.83. The van der Waals surface area contributed by atoms with Gasteiger partial charge in [0.1, 0.15) is 29.5 Å². The van der Waals surface area contributed by atoms with Gasteiger partial charge in [0, 0.05) is 36.0 Å². The number of methoxy groups -OCH3 is 1. The van der Waals surface area contributed by atoms with Crippen LogP contribution < -0.4 is 10.2 Å². The van der Waals surface area contributed by atoms with Crippen molar-refractivity contribution in [2.24, 2.45) is 0 Å². The average Bonchev–Trinajstić information content (AvgIpc) is 3.21. The molecule has 6 N–H and O–H groups in total. The van der Waals surface area contributed by atoms with E-state index >= 15 is 0 Å². The Hall–Kier alpha value is -3.43. The highest BCUT2D eigenvalue weighted by Crippen LogP contribution is 2.52. The first-order valence-electron chi connectivity index (χ1n) is 21.6. The Morgan fingerprint density at radius 2 is 1.45 bits per heavy atom. The second-order valence-electron chi connectivity index (χ2n) is 16.4. The molecule has 1 heterocycles. The first-order valence-corrected chi connectivity index (χ1v) is 21.6. The Morgan fingerprint density at radius 3 is 2.03 bits per heavy atom. The number of hydrogen-bond acceptors (Lipinski definition) is 13. The van der Waals surface area contributed by atoms with Crippen molar-refractivity contribution in [2.75, 3.05) is 20.3 Å². The number of ether oxygens (including phenoxy) is 3. The predicted molar refractivity (Wildman–Crippen MR) is 216 cm³/mol. The van der Waals surface area contributed by atoms with Gasteiger partial charge in [0.2, 0.25) is 5.78 Å². The summed E-state index contributed by atoms with van der Waals surface area (Å²) in [5.41, 5.74) is -0.648. The molecule has 1 fully saturated rings. The lowest BCUT2D eigenvalue weighted by Crippen LogP contribution is -2.54. The molecule has 0 bridgehead atoms. The van der Waals surface area contributed by atoms with E-state index in [0.29, 0.717) is 6.61 Å².